The van der Waals surface area contributed by atoms with Crippen molar-refractivity contribution in [2.45, 2.75) is 31.3 Å². The fourth-order valence-corrected chi connectivity index (χ4v) is 3.41. The Hall–Kier alpha value is -1.58. The number of likely N-dealkylation sites (N-methyl/N-ethyl adjacent to an activating group) is 1. The van der Waals surface area contributed by atoms with Gasteiger partial charge in [-0.1, -0.05) is 0 Å². The Morgan fingerprint density at radius 2 is 1.95 bits per heavy atom. The molecular formula is C12H17FN2O5S. The third-order valence-electron chi connectivity index (χ3n) is 2.74. The summed E-state index contributed by atoms with van der Waals surface area (Å²) in [5.74, 6) is -1.10. The molecule has 0 radical (unpaired) electrons. The van der Waals surface area contributed by atoms with Crippen molar-refractivity contribution in [3.8, 4) is 0 Å². The summed E-state index contributed by atoms with van der Waals surface area (Å²) >= 11 is 0. The van der Waals surface area contributed by atoms with Crippen molar-refractivity contribution in [1.82, 2.24) is 4.31 Å². The van der Waals surface area contributed by atoms with E-state index in [4.69, 9.17) is 0 Å². The zero-order chi connectivity index (χ0) is 16.6. The van der Waals surface area contributed by atoms with Crippen LogP contribution in [-0.2, 0) is 10.0 Å². The predicted molar refractivity (Wildman–Crippen MR) is 73.9 cm³/mol. The number of rotatable bonds is 5. The van der Waals surface area contributed by atoms with Crippen LogP contribution in [0.5, 0.6) is 0 Å². The maximum absolute atomic E-state index is 13.5. The molecule has 118 valence electrons. The highest BCUT2D eigenvalue weighted by atomic mass is 32.2. The smallest absolute Gasteiger partial charge is 0.306 e. The van der Waals surface area contributed by atoms with Gasteiger partial charge in [0, 0.05) is 19.7 Å². The third kappa shape index (κ3) is 3.96. The van der Waals surface area contributed by atoms with Crippen molar-refractivity contribution >= 4 is 15.7 Å². The van der Waals surface area contributed by atoms with E-state index in [1.165, 1.54) is 27.8 Å². The van der Waals surface area contributed by atoms with Crippen LogP contribution in [0.1, 0.15) is 19.4 Å². The summed E-state index contributed by atoms with van der Waals surface area (Å²) in [6.45, 7) is 4.00. The normalized spacial score (nSPS) is 12.7. The number of nitro benzene ring substituents is 1. The Morgan fingerprint density at radius 1 is 1.43 bits per heavy atom. The summed E-state index contributed by atoms with van der Waals surface area (Å²) in [5, 5.41) is 20.4. The lowest BCUT2D eigenvalue weighted by atomic mass is 10.1. The minimum atomic E-state index is -4.07. The van der Waals surface area contributed by atoms with Crippen molar-refractivity contribution in [3.63, 3.8) is 0 Å². The second-order valence-corrected chi connectivity index (χ2v) is 7.41. The zero-order valence-electron chi connectivity index (χ0n) is 12.1. The van der Waals surface area contributed by atoms with Gasteiger partial charge < -0.3 is 5.11 Å². The lowest BCUT2D eigenvalue weighted by molar-refractivity contribution is -0.387. The summed E-state index contributed by atoms with van der Waals surface area (Å²) in [6.07, 6.45) is 0. The molecule has 1 rings (SSSR count). The molecule has 0 saturated carbocycles. The first-order valence-corrected chi connectivity index (χ1v) is 7.43. The zero-order valence-corrected chi connectivity index (χ0v) is 12.9. The molecule has 0 spiro atoms. The number of nitrogens with zero attached hydrogens (tertiary/aromatic N) is 2. The molecule has 0 bridgehead atoms. The lowest BCUT2D eigenvalue weighted by Crippen LogP contribution is -2.39. The molecule has 0 unspecified atom stereocenters. The topological polar surface area (TPSA) is 101 Å². The molecule has 0 aliphatic carbocycles. The van der Waals surface area contributed by atoms with Gasteiger partial charge in [-0.15, -0.1) is 0 Å². The fraction of sp³-hybridized carbons (Fsp3) is 0.500. The van der Waals surface area contributed by atoms with Gasteiger partial charge in [-0.05, 0) is 32.4 Å². The molecule has 1 aromatic carbocycles. The van der Waals surface area contributed by atoms with Gasteiger partial charge in [0.15, 0.2) is 0 Å². The standard InChI is InChI=1S/C12H17FN2O5S/c1-8-5-9(13)10(15(17)18)6-11(8)21(19,20)14(4)7-12(2,3)16/h5-6,16H,7H2,1-4H3. The molecule has 0 aliphatic rings. The van der Waals surface area contributed by atoms with Crippen molar-refractivity contribution in [1.29, 1.82) is 0 Å². The minimum absolute atomic E-state index is 0.0562. The highest BCUT2D eigenvalue weighted by Crippen LogP contribution is 2.27. The van der Waals surface area contributed by atoms with E-state index in [0.717, 1.165) is 10.4 Å². The summed E-state index contributed by atoms with van der Waals surface area (Å²) in [5.41, 5.74) is -2.13. The Morgan fingerprint density at radius 3 is 2.38 bits per heavy atom. The lowest BCUT2D eigenvalue weighted by Gasteiger charge is -2.25. The van der Waals surface area contributed by atoms with Crippen LogP contribution in [-0.4, -0.2) is 41.9 Å². The second-order valence-electron chi connectivity index (χ2n) is 5.40. The first-order valence-electron chi connectivity index (χ1n) is 5.99. The van der Waals surface area contributed by atoms with Crippen LogP contribution in [0.4, 0.5) is 10.1 Å². The highest BCUT2D eigenvalue weighted by molar-refractivity contribution is 7.89. The van der Waals surface area contributed by atoms with E-state index < -0.39 is 32.1 Å². The molecule has 0 amide bonds. The molecule has 0 aromatic heterocycles. The Labute approximate surface area is 122 Å². The summed E-state index contributed by atoms with van der Waals surface area (Å²) < 4.78 is 39.1. The van der Waals surface area contributed by atoms with Gasteiger partial charge in [0.1, 0.15) is 0 Å². The van der Waals surface area contributed by atoms with E-state index in [2.05, 4.69) is 0 Å². The molecular weight excluding hydrogens is 303 g/mol. The molecule has 7 nitrogen and oxygen atoms in total. The van der Waals surface area contributed by atoms with Gasteiger partial charge in [-0.3, -0.25) is 10.1 Å². The number of nitro groups is 1. The van der Waals surface area contributed by atoms with E-state index in [1.807, 2.05) is 0 Å². The van der Waals surface area contributed by atoms with Gasteiger partial charge in [0.05, 0.1) is 15.4 Å². The van der Waals surface area contributed by atoms with Crippen LogP contribution in [0, 0.1) is 22.9 Å². The summed E-state index contributed by atoms with van der Waals surface area (Å²) in [4.78, 5) is 9.39. The molecule has 0 fully saturated rings. The first-order chi connectivity index (χ1) is 9.36. The van der Waals surface area contributed by atoms with Crippen LogP contribution in [0.3, 0.4) is 0 Å². The average Bonchev–Trinajstić information content (AvgIpc) is 2.25. The number of benzene rings is 1. The first kappa shape index (κ1) is 17.5. The molecule has 0 aliphatic heterocycles. The van der Waals surface area contributed by atoms with Gasteiger partial charge >= 0.3 is 5.69 Å². The quantitative estimate of drug-likeness (QED) is 0.653. The summed E-state index contributed by atoms with van der Waals surface area (Å²) in [7, 11) is -2.84. The molecule has 0 atom stereocenters. The van der Waals surface area contributed by atoms with Crippen LogP contribution >= 0.6 is 0 Å². The molecule has 1 N–H and O–H groups in total. The van der Waals surface area contributed by atoms with Crippen LogP contribution in [0.2, 0.25) is 0 Å². The van der Waals surface area contributed by atoms with E-state index >= 15 is 0 Å². The number of hydrogen-bond acceptors (Lipinski definition) is 5. The van der Waals surface area contributed by atoms with E-state index in [9.17, 15) is 28.0 Å². The van der Waals surface area contributed by atoms with Crippen LogP contribution < -0.4 is 0 Å². The number of sulfonamides is 1. The van der Waals surface area contributed by atoms with Gasteiger partial charge in [-0.2, -0.15) is 8.70 Å². The van der Waals surface area contributed by atoms with Gasteiger partial charge in [-0.25, -0.2) is 8.42 Å². The second kappa shape index (κ2) is 5.66. The maximum atomic E-state index is 13.5. The van der Waals surface area contributed by atoms with Gasteiger partial charge in [0.2, 0.25) is 15.8 Å². The highest BCUT2D eigenvalue weighted by Gasteiger charge is 2.30. The largest absolute Gasteiger partial charge is 0.389 e. The number of halogens is 1. The number of aryl methyl sites for hydroxylation is 1. The molecule has 21 heavy (non-hydrogen) atoms. The van der Waals surface area contributed by atoms with Crippen molar-refractivity contribution in [3.05, 3.63) is 33.6 Å². The number of aliphatic hydroxyl groups is 1. The van der Waals surface area contributed by atoms with Crippen molar-refractivity contribution < 1.29 is 22.8 Å². The monoisotopic (exact) mass is 320 g/mol. The van der Waals surface area contributed by atoms with Crippen molar-refractivity contribution in [2.24, 2.45) is 0 Å². The Bertz CT molecular complexity index is 667. The van der Waals surface area contributed by atoms with Crippen LogP contribution in [0.25, 0.3) is 0 Å². The van der Waals surface area contributed by atoms with E-state index in [1.54, 1.807) is 0 Å². The average molecular weight is 320 g/mol. The van der Waals surface area contributed by atoms with E-state index in [-0.39, 0.29) is 17.0 Å². The molecule has 0 saturated heterocycles. The minimum Gasteiger partial charge on any atom is -0.389 e. The molecule has 9 heteroatoms. The molecule has 0 heterocycles. The Balaban J connectivity index is 3.38. The molecule has 1 aromatic rings. The fourth-order valence-electron chi connectivity index (χ4n) is 1.86. The Kier molecular flexibility index (Phi) is 4.71. The summed E-state index contributed by atoms with van der Waals surface area (Å²) in [6, 6.07) is 1.50. The van der Waals surface area contributed by atoms with E-state index in [0.29, 0.717) is 6.07 Å². The SMILES string of the molecule is Cc1cc(F)c([N+](=O)[O-])cc1S(=O)(=O)N(C)CC(C)(C)O. The van der Waals surface area contributed by atoms with Crippen molar-refractivity contribution in [2.75, 3.05) is 13.6 Å². The van der Waals surface area contributed by atoms with Crippen LogP contribution in [0.15, 0.2) is 17.0 Å². The maximum Gasteiger partial charge on any atom is 0.306 e. The van der Waals surface area contributed by atoms with Gasteiger partial charge in [0.25, 0.3) is 0 Å². The third-order valence-corrected chi connectivity index (χ3v) is 4.68. The number of hydrogen-bond donors (Lipinski definition) is 1. The predicted octanol–water partition coefficient (Wildman–Crippen LogP) is 1.43.